The van der Waals surface area contributed by atoms with E-state index >= 15 is 0 Å². The summed E-state index contributed by atoms with van der Waals surface area (Å²) in [5.74, 6) is -4.05. The first-order valence-corrected chi connectivity index (χ1v) is 6.87. The van der Waals surface area contributed by atoms with Gasteiger partial charge >= 0.3 is 5.97 Å². The molecule has 0 aliphatic rings. The summed E-state index contributed by atoms with van der Waals surface area (Å²) in [6.07, 6.45) is -0.111. The molecule has 0 heterocycles. The SMILES string of the molecule is CCC(C(=O)O)S(=O)(=O)Cc1ccc(F)cc1F. The highest BCUT2D eigenvalue weighted by atomic mass is 32.2. The number of halogens is 2. The average Bonchev–Trinajstić information content (AvgIpc) is 2.22. The van der Waals surface area contributed by atoms with Crippen molar-refractivity contribution in [1.29, 1.82) is 0 Å². The van der Waals surface area contributed by atoms with Crippen molar-refractivity contribution in [2.75, 3.05) is 0 Å². The van der Waals surface area contributed by atoms with Crippen molar-refractivity contribution < 1.29 is 27.1 Å². The van der Waals surface area contributed by atoms with E-state index in [2.05, 4.69) is 0 Å². The minimum absolute atomic E-state index is 0.111. The zero-order valence-corrected chi connectivity index (χ0v) is 10.4. The molecule has 1 N–H and O–H groups in total. The number of carbonyl (C=O) groups is 1. The highest BCUT2D eigenvalue weighted by molar-refractivity contribution is 7.92. The molecule has 1 aromatic rings. The summed E-state index contributed by atoms with van der Waals surface area (Å²) < 4.78 is 49.5. The topological polar surface area (TPSA) is 71.4 Å². The lowest BCUT2D eigenvalue weighted by Gasteiger charge is -2.11. The molecule has 0 bridgehead atoms. The summed E-state index contributed by atoms with van der Waals surface area (Å²) in [6.45, 7) is 1.41. The van der Waals surface area contributed by atoms with E-state index in [1.807, 2.05) is 0 Å². The Labute approximate surface area is 103 Å². The highest BCUT2D eigenvalue weighted by Crippen LogP contribution is 2.17. The molecule has 1 aromatic carbocycles. The van der Waals surface area contributed by atoms with Gasteiger partial charge in [-0.25, -0.2) is 17.2 Å². The maximum atomic E-state index is 13.3. The third-order valence-corrected chi connectivity index (χ3v) is 4.57. The Kier molecular flexibility index (Phi) is 4.39. The van der Waals surface area contributed by atoms with Crippen molar-refractivity contribution in [3.05, 3.63) is 35.4 Å². The van der Waals surface area contributed by atoms with Gasteiger partial charge in [0.15, 0.2) is 15.1 Å². The van der Waals surface area contributed by atoms with Crippen molar-refractivity contribution >= 4 is 15.8 Å². The first kappa shape index (κ1) is 14.6. The Morgan fingerprint density at radius 3 is 2.44 bits per heavy atom. The van der Waals surface area contributed by atoms with Crippen LogP contribution in [0.15, 0.2) is 18.2 Å². The predicted molar refractivity (Wildman–Crippen MR) is 60.7 cm³/mol. The normalized spacial score (nSPS) is 13.3. The lowest BCUT2D eigenvalue weighted by Crippen LogP contribution is -2.30. The van der Waals surface area contributed by atoms with Crippen LogP contribution in [0.4, 0.5) is 8.78 Å². The van der Waals surface area contributed by atoms with Crippen LogP contribution in [0, 0.1) is 11.6 Å². The molecular weight excluding hydrogens is 266 g/mol. The number of hydrogen-bond donors (Lipinski definition) is 1. The van der Waals surface area contributed by atoms with Crippen molar-refractivity contribution in [3.8, 4) is 0 Å². The van der Waals surface area contributed by atoms with E-state index in [1.165, 1.54) is 6.92 Å². The smallest absolute Gasteiger partial charge is 0.321 e. The van der Waals surface area contributed by atoms with Gasteiger partial charge in [0.2, 0.25) is 0 Å². The molecule has 100 valence electrons. The Morgan fingerprint density at radius 2 is 2.00 bits per heavy atom. The number of carboxylic acids is 1. The molecule has 0 aromatic heterocycles. The van der Waals surface area contributed by atoms with Gasteiger partial charge in [-0.2, -0.15) is 0 Å². The van der Waals surface area contributed by atoms with Crippen LogP contribution >= 0.6 is 0 Å². The van der Waals surface area contributed by atoms with Gasteiger partial charge in [0.1, 0.15) is 11.6 Å². The average molecular weight is 278 g/mol. The highest BCUT2D eigenvalue weighted by Gasteiger charge is 2.31. The second kappa shape index (κ2) is 5.43. The van der Waals surface area contributed by atoms with Crippen LogP contribution in [-0.4, -0.2) is 24.7 Å². The third kappa shape index (κ3) is 3.25. The molecule has 0 spiro atoms. The fourth-order valence-electron chi connectivity index (χ4n) is 1.54. The molecule has 1 atom stereocenters. The lowest BCUT2D eigenvalue weighted by molar-refractivity contribution is -0.136. The van der Waals surface area contributed by atoms with Gasteiger partial charge in [0.05, 0.1) is 5.75 Å². The van der Waals surface area contributed by atoms with Crippen LogP contribution in [0.5, 0.6) is 0 Å². The monoisotopic (exact) mass is 278 g/mol. The quantitative estimate of drug-likeness (QED) is 0.890. The number of sulfone groups is 1. The Morgan fingerprint density at radius 1 is 1.39 bits per heavy atom. The summed E-state index contributed by atoms with van der Waals surface area (Å²) in [6, 6.07) is 2.49. The molecule has 0 saturated heterocycles. The first-order chi connectivity index (χ1) is 8.27. The zero-order valence-electron chi connectivity index (χ0n) is 9.56. The van der Waals surface area contributed by atoms with E-state index in [4.69, 9.17) is 5.11 Å². The summed E-state index contributed by atoms with van der Waals surface area (Å²) in [4.78, 5) is 10.8. The number of rotatable bonds is 5. The van der Waals surface area contributed by atoms with Gasteiger partial charge in [-0.1, -0.05) is 13.0 Å². The standard InChI is InChI=1S/C11H12F2O4S/c1-2-10(11(14)15)18(16,17)6-7-3-4-8(12)5-9(7)13/h3-5,10H,2,6H2,1H3,(H,14,15). The van der Waals surface area contributed by atoms with Gasteiger partial charge in [0, 0.05) is 11.6 Å². The Bertz CT molecular complexity index is 554. The molecule has 18 heavy (non-hydrogen) atoms. The number of hydrogen-bond acceptors (Lipinski definition) is 3. The molecule has 0 radical (unpaired) electrons. The molecular formula is C11H12F2O4S. The molecule has 0 aliphatic carbocycles. The summed E-state index contributed by atoms with van der Waals surface area (Å²) in [5.41, 5.74) is -0.240. The number of carboxylic acid groups (broad SMARTS) is 1. The molecule has 1 unspecified atom stereocenters. The van der Waals surface area contributed by atoms with E-state index in [1.54, 1.807) is 0 Å². The first-order valence-electron chi connectivity index (χ1n) is 5.16. The minimum Gasteiger partial charge on any atom is -0.480 e. The van der Waals surface area contributed by atoms with Crippen LogP contribution in [0.3, 0.4) is 0 Å². The molecule has 4 nitrogen and oxygen atoms in total. The van der Waals surface area contributed by atoms with Gasteiger partial charge in [-0.05, 0) is 12.5 Å². The summed E-state index contributed by atoms with van der Waals surface area (Å²) >= 11 is 0. The number of benzene rings is 1. The molecule has 7 heteroatoms. The molecule has 0 aliphatic heterocycles. The van der Waals surface area contributed by atoms with Crippen LogP contribution in [0.25, 0.3) is 0 Å². The molecule has 0 saturated carbocycles. The van der Waals surface area contributed by atoms with Gasteiger partial charge < -0.3 is 5.11 Å². The van der Waals surface area contributed by atoms with Crippen molar-refractivity contribution in [1.82, 2.24) is 0 Å². The fourth-order valence-corrected chi connectivity index (χ4v) is 3.22. The molecule has 0 fully saturated rings. The van der Waals surface area contributed by atoms with Crippen LogP contribution < -0.4 is 0 Å². The maximum absolute atomic E-state index is 13.3. The zero-order chi connectivity index (χ0) is 13.9. The van der Waals surface area contributed by atoms with Crippen LogP contribution in [-0.2, 0) is 20.4 Å². The van der Waals surface area contributed by atoms with E-state index in [0.717, 1.165) is 12.1 Å². The fraction of sp³-hybridized carbons (Fsp3) is 0.364. The molecule has 1 rings (SSSR count). The second-order valence-electron chi connectivity index (χ2n) is 3.78. The Hall–Kier alpha value is -1.50. The second-order valence-corrected chi connectivity index (χ2v) is 5.96. The maximum Gasteiger partial charge on any atom is 0.321 e. The predicted octanol–water partition coefficient (Wildman–Crippen LogP) is 1.74. The largest absolute Gasteiger partial charge is 0.480 e. The van der Waals surface area contributed by atoms with E-state index in [-0.39, 0.29) is 12.0 Å². The van der Waals surface area contributed by atoms with Crippen LogP contribution in [0.1, 0.15) is 18.9 Å². The minimum atomic E-state index is -4.02. The van der Waals surface area contributed by atoms with Gasteiger partial charge in [0.25, 0.3) is 0 Å². The number of aliphatic carboxylic acids is 1. The third-order valence-electron chi connectivity index (χ3n) is 2.45. The van der Waals surface area contributed by atoms with Crippen molar-refractivity contribution in [3.63, 3.8) is 0 Å². The summed E-state index contributed by atoms with van der Waals surface area (Å²) in [7, 11) is -4.02. The van der Waals surface area contributed by atoms with Gasteiger partial charge in [-0.15, -0.1) is 0 Å². The molecule has 0 amide bonds. The van der Waals surface area contributed by atoms with Crippen LogP contribution in [0.2, 0.25) is 0 Å². The van der Waals surface area contributed by atoms with Crippen molar-refractivity contribution in [2.24, 2.45) is 0 Å². The Balaban J connectivity index is 3.05. The summed E-state index contributed by atoms with van der Waals surface area (Å²) in [5, 5.41) is 7.19. The van der Waals surface area contributed by atoms with E-state index in [9.17, 15) is 22.0 Å². The van der Waals surface area contributed by atoms with E-state index in [0.29, 0.717) is 6.07 Å². The van der Waals surface area contributed by atoms with Crippen molar-refractivity contribution in [2.45, 2.75) is 24.3 Å². The van der Waals surface area contributed by atoms with Gasteiger partial charge in [-0.3, -0.25) is 4.79 Å². The lowest BCUT2D eigenvalue weighted by atomic mass is 10.2. The van der Waals surface area contributed by atoms with E-state index < -0.39 is 38.4 Å².